The number of benzene rings is 3. The third-order valence-corrected chi connectivity index (χ3v) is 6.27. The molecule has 0 radical (unpaired) electrons. The molecule has 0 spiro atoms. The van der Waals surface area contributed by atoms with E-state index in [4.69, 9.17) is 4.84 Å². The molecule has 2 fully saturated rings. The van der Waals surface area contributed by atoms with E-state index < -0.39 is 41.6 Å². The average Bonchev–Trinajstić information content (AvgIpc) is 3.31. The second-order valence-corrected chi connectivity index (χ2v) is 8.58. The number of fused-ring (bicyclic) bond motifs is 1. The fourth-order valence-electron chi connectivity index (χ4n) is 4.74. The van der Waals surface area contributed by atoms with Gasteiger partial charge in [-0.05, 0) is 55.3 Å². The first kappa shape index (κ1) is 22.2. The minimum atomic E-state index is -4.55. The first-order valence-corrected chi connectivity index (χ1v) is 10.8. The van der Waals surface area contributed by atoms with Crippen LogP contribution in [0.2, 0.25) is 0 Å². The third-order valence-electron chi connectivity index (χ3n) is 6.27. The fraction of sp³-hybridized carbons (Fsp3) is 0.231. The number of anilines is 2. The molecule has 2 aliphatic heterocycles. The Balaban J connectivity index is 1.61. The number of halogens is 3. The number of carbonyl (C=O) groups is 2. The van der Waals surface area contributed by atoms with Crippen molar-refractivity contribution in [1.29, 1.82) is 0 Å². The van der Waals surface area contributed by atoms with Crippen LogP contribution in [-0.2, 0) is 20.6 Å². The molecule has 3 aromatic carbocycles. The lowest BCUT2D eigenvalue weighted by atomic mass is 9.89. The molecule has 34 heavy (non-hydrogen) atoms. The number of aryl methyl sites for hydroxylation is 2. The van der Waals surface area contributed by atoms with Crippen LogP contribution in [0.3, 0.4) is 0 Å². The van der Waals surface area contributed by atoms with Crippen LogP contribution in [0.1, 0.15) is 28.3 Å². The Morgan fingerprint density at radius 2 is 1.59 bits per heavy atom. The maximum atomic E-state index is 13.7. The van der Waals surface area contributed by atoms with Gasteiger partial charge in [-0.3, -0.25) is 14.4 Å². The van der Waals surface area contributed by atoms with Crippen LogP contribution in [0, 0.1) is 19.8 Å². The molecule has 0 bridgehead atoms. The van der Waals surface area contributed by atoms with Crippen LogP contribution in [-0.4, -0.2) is 17.9 Å². The van der Waals surface area contributed by atoms with Crippen molar-refractivity contribution in [3.8, 4) is 0 Å². The van der Waals surface area contributed by atoms with E-state index in [1.54, 1.807) is 49.4 Å². The Bertz CT molecular complexity index is 1280. The monoisotopic (exact) mass is 466 g/mol. The number of para-hydroxylation sites is 1. The van der Waals surface area contributed by atoms with Crippen molar-refractivity contribution in [3.63, 3.8) is 0 Å². The molecule has 3 aromatic rings. The predicted molar refractivity (Wildman–Crippen MR) is 120 cm³/mol. The number of alkyl halides is 3. The van der Waals surface area contributed by atoms with Gasteiger partial charge in [-0.25, -0.2) is 9.96 Å². The number of hydrogen-bond donors (Lipinski definition) is 0. The molecule has 0 aromatic heterocycles. The van der Waals surface area contributed by atoms with Crippen LogP contribution in [0.15, 0.2) is 72.8 Å². The van der Waals surface area contributed by atoms with E-state index in [1.807, 2.05) is 13.0 Å². The fourth-order valence-corrected chi connectivity index (χ4v) is 4.74. The summed E-state index contributed by atoms with van der Waals surface area (Å²) in [6, 6.07) is 18.0. The third kappa shape index (κ3) is 3.54. The van der Waals surface area contributed by atoms with Gasteiger partial charge < -0.3 is 0 Å². The molecule has 0 N–H and O–H groups in total. The van der Waals surface area contributed by atoms with Gasteiger partial charge in [-0.15, -0.1) is 0 Å². The molecule has 2 heterocycles. The zero-order chi connectivity index (χ0) is 24.2. The zero-order valence-electron chi connectivity index (χ0n) is 18.4. The number of hydrogen-bond acceptors (Lipinski definition) is 4. The molecule has 174 valence electrons. The molecular weight excluding hydrogens is 445 g/mol. The molecule has 0 unspecified atom stereocenters. The number of nitrogens with zero attached hydrogens (tertiary/aromatic N) is 2. The van der Waals surface area contributed by atoms with Crippen LogP contribution in [0.5, 0.6) is 0 Å². The summed E-state index contributed by atoms with van der Waals surface area (Å²) in [6.45, 7) is 3.71. The number of amides is 2. The number of rotatable bonds is 3. The minimum absolute atomic E-state index is 0.245. The largest absolute Gasteiger partial charge is 0.416 e. The summed E-state index contributed by atoms with van der Waals surface area (Å²) in [5.41, 5.74) is 2.14. The minimum Gasteiger partial charge on any atom is -0.273 e. The molecule has 8 heteroatoms. The first-order valence-electron chi connectivity index (χ1n) is 10.8. The van der Waals surface area contributed by atoms with E-state index in [0.717, 1.165) is 28.2 Å². The summed E-state index contributed by atoms with van der Waals surface area (Å²) in [6.07, 6.45) is -5.69. The highest BCUT2D eigenvalue weighted by Gasteiger charge is 2.60. The molecular formula is C26H21F3N2O3. The van der Waals surface area contributed by atoms with Crippen molar-refractivity contribution in [2.75, 3.05) is 9.96 Å². The summed E-state index contributed by atoms with van der Waals surface area (Å²) in [7, 11) is 0. The summed E-state index contributed by atoms with van der Waals surface area (Å²) in [4.78, 5) is 34.1. The molecule has 0 aliphatic carbocycles. The maximum Gasteiger partial charge on any atom is 0.416 e. The van der Waals surface area contributed by atoms with Crippen molar-refractivity contribution in [2.24, 2.45) is 5.92 Å². The van der Waals surface area contributed by atoms with E-state index in [0.29, 0.717) is 11.4 Å². The van der Waals surface area contributed by atoms with Gasteiger partial charge in [0, 0.05) is 0 Å². The van der Waals surface area contributed by atoms with Crippen molar-refractivity contribution >= 4 is 23.2 Å². The normalized spacial score (nSPS) is 22.4. The van der Waals surface area contributed by atoms with Crippen molar-refractivity contribution in [3.05, 3.63) is 95.1 Å². The second-order valence-electron chi connectivity index (χ2n) is 8.58. The van der Waals surface area contributed by atoms with Crippen molar-refractivity contribution < 1.29 is 27.6 Å². The Hall–Kier alpha value is -3.65. The van der Waals surface area contributed by atoms with Gasteiger partial charge in [0.15, 0.2) is 6.10 Å². The first-order chi connectivity index (χ1) is 16.2. The van der Waals surface area contributed by atoms with Crippen molar-refractivity contribution in [2.45, 2.75) is 32.2 Å². The van der Waals surface area contributed by atoms with Gasteiger partial charge in [0.05, 0.1) is 23.0 Å². The average molecular weight is 466 g/mol. The quantitative estimate of drug-likeness (QED) is 0.487. The van der Waals surface area contributed by atoms with Crippen LogP contribution in [0.4, 0.5) is 24.5 Å². The van der Waals surface area contributed by atoms with Gasteiger partial charge in [0.2, 0.25) is 5.91 Å². The zero-order valence-corrected chi connectivity index (χ0v) is 18.4. The van der Waals surface area contributed by atoms with Gasteiger partial charge in [0.1, 0.15) is 5.92 Å². The summed E-state index contributed by atoms with van der Waals surface area (Å²) in [5.74, 6) is -2.03. The lowest BCUT2D eigenvalue weighted by Gasteiger charge is -2.29. The van der Waals surface area contributed by atoms with Gasteiger partial charge in [-0.2, -0.15) is 13.2 Å². The van der Waals surface area contributed by atoms with Gasteiger partial charge in [0.25, 0.3) is 5.91 Å². The number of imide groups is 1. The molecule has 3 atom stereocenters. The predicted octanol–water partition coefficient (Wildman–Crippen LogP) is 5.37. The molecule has 2 saturated heterocycles. The smallest absolute Gasteiger partial charge is 0.273 e. The molecule has 5 nitrogen and oxygen atoms in total. The topological polar surface area (TPSA) is 49.9 Å². The number of carbonyl (C=O) groups excluding carboxylic acids is 2. The Morgan fingerprint density at radius 1 is 0.853 bits per heavy atom. The van der Waals surface area contributed by atoms with Gasteiger partial charge in [-0.1, -0.05) is 48.0 Å². The highest BCUT2D eigenvalue weighted by Crippen LogP contribution is 2.48. The molecule has 0 saturated carbocycles. The van der Waals surface area contributed by atoms with Crippen molar-refractivity contribution in [1.82, 2.24) is 0 Å². The summed E-state index contributed by atoms with van der Waals surface area (Å²) < 4.78 is 40.4. The standard InChI is InChI=1S/C26H21F3N2O3/c1-15-11-12-20(16(2)13-15)30-24(32)21-22(17-7-6-8-18(14-17)26(27,28)29)31(34-23(21)25(30)33)19-9-4-3-5-10-19/h3-14,21-23H,1-2H3/t21-,22+,23-/m1/s1. The lowest BCUT2D eigenvalue weighted by Crippen LogP contribution is -2.37. The van der Waals surface area contributed by atoms with Crippen LogP contribution < -0.4 is 9.96 Å². The van der Waals surface area contributed by atoms with E-state index in [1.165, 1.54) is 17.2 Å². The van der Waals surface area contributed by atoms with Crippen LogP contribution >= 0.6 is 0 Å². The van der Waals surface area contributed by atoms with Gasteiger partial charge >= 0.3 is 6.18 Å². The van der Waals surface area contributed by atoms with E-state index in [2.05, 4.69) is 0 Å². The maximum absolute atomic E-state index is 13.7. The number of hydroxylamine groups is 1. The Morgan fingerprint density at radius 3 is 2.26 bits per heavy atom. The molecule has 2 aliphatic rings. The highest BCUT2D eigenvalue weighted by atomic mass is 19.4. The van der Waals surface area contributed by atoms with Crippen LogP contribution in [0.25, 0.3) is 0 Å². The lowest BCUT2D eigenvalue weighted by molar-refractivity contribution is -0.137. The second kappa shape index (κ2) is 7.99. The summed E-state index contributed by atoms with van der Waals surface area (Å²) in [5, 5.41) is 1.39. The Labute approximate surface area is 194 Å². The van der Waals surface area contributed by atoms with E-state index in [-0.39, 0.29) is 5.56 Å². The molecule has 5 rings (SSSR count). The highest BCUT2D eigenvalue weighted by molar-refractivity contribution is 6.24. The Kier molecular flexibility index (Phi) is 5.20. The summed E-state index contributed by atoms with van der Waals surface area (Å²) >= 11 is 0. The molecule has 2 amide bonds. The van der Waals surface area contributed by atoms with E-state index >= 15 is 0 Å². The SMILES string of the molecule is Cc1ccc(N2C(=O)[C@H]3[C@@H](ON(c4ccccc4)[C@H]3c3cccc(C(F)(F)F)c3)C2=O)c(C)c1. The van der Waals surface area contributed by atoms with E-state index in [9.17, 15) is 22.8 Å².